The van der Waals surface area contributed by atoms with Crippen LogP contribution in [0.2, 0.25) is 0 Å². The Bertz CT molecular complexity index is 423. The molecule has 0 amide bonds. The summed E-state index contributed by atoms with van der Waals surface area (Å²) < 4.78 is 0. The lowest BCUT2D eigenvalue weighted by Gasteiger charge is -2.24. The van der Waals surface area contributed by atoms with Crippen molar-refractivity contribution >= 4 is 11.8 Å². The quantitative estimate of drug-likeness (QED) is 0.528. The van der Waals surface area contributed by atoms with Crippen LogP contribution in [0.15, 0.2) is 17.1 Å². The summed E-state index contributed by atoms with van der Waals surface area (Å²) >= 11 is 0. The second-order valence-electron chi connectivity index (χ2n) is 6.37. The SMILES string of the molecule is CC(C)(C)c1[c]c(C(C)(C)C)cc(N=C=O)c1. The molecule has 0 atom stereocenters. The van der Waals surface area contributed by atoms with Crippen LogP contribution < -0.4 is 0 Å². The first-order valence-electron chi connectivity index (χ1n) is 5.81. The number of carbonyl (C=O) groups excluding carboxylic acids is 1. The maximum Gasteiger partial charge on any atom is 0.240 e. The van der Waals surface area contributed by atoms with Gasteiger partial charge >= 0.3 is 0 Å². The standard InChI is InChI=1S/C15H20NO/c1-14(2,3)11-7-12(15(4,5)6)9-13(8-11)16-10-17/h8-9H,1-6H3. The van der Waals surface area contributed by atoms with Gasteiger partial charge in [-0.2, -0.15) is 4.99 Å². The highest BCUT2D eigenvalue weighted by molar-refractivity contribution is 5.53. The Morgan fingerprint density at radius 2 is 1.41 bits per heavy atom. The molecule has 0 fully saturated rings. The minimum Gasteiger partial charge on any atom is -0.211 e. The molecule has 0 saturated heterocycles. The van der Waals surface area contributed by atoms with Gasteiger partial charge in [0.05, 0.1) is 5.69 Å². The lowest BCUT2D eigenvalue weighted by atomic mass is 9.80. The number of hydrogen-bond acceptors (Lipinski definition) is 2. The maximum absolute atomic E-state index is 10.4. The van der Waals surface area contributed by atoms with Gasteiger partial charge in [0.15, 0.2) is 0 Å². The van der Waals surface area contributed by atoms with E-state index in [4.69, 9.17) is 0 Å². The molecule has 0 spiro atoms. The van der Waals surface area contributed by atoms with E-state index in [0.29, 0.717) is 5.69 Å². The second-order valence-corrected chi connectivity index (χ2v) is 6.37. The van der Waals surface area contributed by atoms with E-state index in [1.54, 1.807) is 6.08 Å². The van der Waals surface area contributed by atoms with Gasteiger partial charge in [-0.05, 0) is 40.2 Å². The van der Waals surface area contributed by atoms with Crippen molar-refractivity contribution in [2.75, 3.05) is 0 Å². The molecule has 0 aromatic heterocycles. The largest absolute Gasteiger partial charge is 0.240 e. The van der Waals surface area contributed by atoms with Crippen LogP contribution in [0, 0.1) is 6.07 Å². The maximum atomic E-state index is 10.4. The van der Waals surface area contributed by atoms with Gasteiger partial charge in [-0.25, -0.2) is 4.79 Å². The van der Waals surface area contributed by atoms with Crippen molar-refractivity contribution in [2.24, 2.45) is 4.99 Å². The highest BCUT2D eigenvalue weighted by atomic mass is 16.1. The normalized spacial score (nSPS) is 12.1. The predicted octanol–water partition coefficient (Wildman–Crippen LogP) is 4.05. The number of aliphatic imine (C=N–C) groups is 1. The van der Waals surface area contributed by atoms with Crippen LogP contribution in [0.1, 0.15) is 52.7 Å². The fourth-order valence-electron chi connectivity index (χ4n) is 1.48. The minimum atomic E-state index is -0.00554. The summed E-state index contributed by atoms with van der Waals surface area (Å²) in [4.78, 5) is 14.1. The van der Waals surface area contributed by atoms with Gasteiger partial charge in [-0.3, -0.25) is 0 Å². The summed E-state index contributed by atoms with van der Waals surface area (Å²) in [6.45, 7) is 12.7. The van der Waals surface area contributed by atoms with E-state index in [1.165, 1.54) is 0 Å². The fourth-order valence-corrected chi connectivity index (χ4v) is 1.48. The van der Waals surface area contributed by atoms with E-state index in [-0.39, 0.29) is 10.8 Å². The monoisotopic (exact) mass is 230 g/mol. The van der Waals surface area contributed by atoms with E-state index in [9.17, 15) is 4.79 Å². The molecule has 0 unspecified atom stereocenters. The predicted molar refractivity (Wildman–Crippen MR) is 70.5 cm³/mol. The second kappa shape index (κ2) is 4.46. The van der Waals surface area contributed by atoms with E-state index < -0.39 is 0 Å². The first-order chi connectivity index (χ1) is 7.64. The third kappa shape index (κ3) is 3.54. The van der Waals surface area contributed by atoms with Crippen LogP contribution in [0.25, 0.3) is 0 Å². The highest BCUT2D eigenvalue weighted by Crippen LogP contribution is 2.32. The number of isocyanates is 1. The highest BCUT2D eigenvalue weighted by Gasteiger charge is 2.20. The van der Waals surface area contributed by atoms with Gasteiger partial charge in [0.2, 0.25) is 6.08 Å². The lowest BCUT2D eigenvalue weighted by Crippen LogP contribution is -2.16. The molecule has 17 heavy (non-hydrogen) atoms. The first kappa shape index (κ1) is 13.7. The average molecular weight is 230 g/mol. The molecular weight excluding hydrogens is 210 g/mol. The smallest absolute Gasteiger partial charge is 0.211 e. The molecule has 1 aromatic rings. The van der Waals surface area contributed by atoms with Crippen LogP contribution in [0.3, 0.4) is 0 Å². The molecule has 0 bridgehead atoms. The Hall–Kier alpha value is -1.40. The van der Waals surface area contributed by atoms with Crippen molar-refractivity contribution in [3.05, 3.63) is 29.3 Å². The topological polar surface area (TPSA) is 29.4 Å². The Labute approximate surface area is 104 Å². The molecule has 0 aliphatic rings. The molecule has 2 nitrogen and oxygen atoms in total. The molecule has 1 aromatic carbocycles. The van der Waals surface area contributed by atoms with Gasteiger partial charge in [0.25, 0.3) is 0 Å². The molecule has 0 aliphatic heterocycles. The van der Waals surface area contributed by atoms with Crippen LogP contribution >= 0.6 is 0 Å². The van der Waals surface area contributed by atoms with Crippen molar-refractivity contribution < 1.29 is 4.79 Å². The van der Waals surface area contributed by atoms with Gasteiger partial charge in [-0.1, -0.05) is 41.5 Å². The molecule has 0 N–H and O–H groups in total. The van der Waals surface area contributed by atoms with Gasteiger partial charge in [0.1, 0.15) is 0 Å². The summed E-state index contributed by atoms with van der Waals surface area (Å²) in [7, 11) is 0. The van der Waals surface area contributed by atoms with Gasteiger partial charge in [0, 0.05) is 0 Å². The van der Waals surface area contributed by atoms with Crippen molar-refractivity contribution in [1.29, 1.82) is 0 Å². The van der Waals surface area contributed by atoms with Crippen molar-refractivity contribution in [3.63, 3.8) is 0 Å². The first-order valence-corrected chi connectivity index (χ1v) is 5.81. The number of nitrogens with zero attached hydrogens (tertiary/aromatic N) is 1. The van der Waals surface area contributed by atoms with Crippen LogP contribution in [0.5, 0.6) is 0 Å². The molecule has 0 aliphatic carbocycles. The van der Waals surface area contributed by atoms with Gasteiger partial charge in [-0.15, -0.1) is 0 Å². The Kier molecular flexibility index (Phi) is 3.59. The molecule has 0 saturated carbocycles. The van der Waals surface area contributed by atoms with E-state index in [1.807, 2.05) is 12.1 Å². The lowest BCUT2D eigenvalue weighted by molar-refractivity contribution is 0.562. The Morgan fingerprint density at radius 3 is 1.71 bits per heavy atom. The molecule has 1 radical (unpaired) electrons. The summed E-state index contributed by atoms with van der Waals surface area (Å²) in [5.74, 6) is 0. The molecule has 1 rings (SSSR count). The zero-order chi connectivity index (χ0) is 13.3. The molecular formula is C15H20NO. The summed E-state index contributed by atoms with van der Waals surface area (Å²) in [5.41, 5.74) is 2.79. The van der Waals surface area contributed by atoms with Crippen LogP contribution in [-0.4, -0.2) is 6.08 Å². The average Bonchev–Trinajstić information content (AvgIpc) is 2.15. The summed E-state index contributed by atoms with van der Waals surface area (Å²) in [5, 5.41) is 0. The summed E-state index contributed by atoms with van der Waals surface area (Å²) in [6, 6.07) is 7.24. The number of hydrogen-bond donors (Lipinski definition) is 0. The van der Waals surface area contributed by atoms with Crippen molar-refractivity contribution in [1.82, 2.24) is 0 Å². The van der Waals surface area contributed by atoms with Crippen LogP contribution in [-0.2, 0) is 15.6 Å². The van der Waals surface area contributed by atoms with E-state index >= 15 is 0 Å². The summed E-state index contributed by atoms with van der Waals surface area (Å²) in [6.07, 6.45) is 1.60. The van der Waals surface area contributed by atoms with Crippen LogP contribution in [0.4, 0.5) is 5.69 Å². The zero-order valence-electron chi connectivity index (χ0n) is 11.5. The molecule has 2 heteroatoms. The minimum absolute atomic E-state index is 0.00554. The molecule has 0 heterocycles. The Morgan fingerprint density at radius 1 is 1.00 bits per heavy atom. The zero-order valence-corrected chi connectivity index (χ0v) is 11.5. The van der Waals surface area contributed by atoms with Crippen molar-refractivity contribution in [3.8, 4) is 0 Å². The van der Waals surface area contributed by atoms with E-state index in [0.717, 1.165) is 11.1 Å². The van der Waals surface area contributed by atoms with Crippen molar-refractivity contribution in [2.45, 2.75) is 52.4 Å². The molecule has 91 valence electrons. The number of benzene rings is 1. The third-order valence-corrected chi connectivity index (χ3v) is 2.64. The fraction of sp³-hybridized carbons (Fsp3) is 0.533. The Balaban J connectivity index is 3.44. The van der Waals surface area contributed by atoms with E-state index in [2.05, 4.69) is 52.6 Å². The van der Waals surface area contributed by atoms with Gasteiger partial charge < -0.3 is 0 Å². The third-order valence-electron chi connectivity index (χ3n) is 2.64. The number of rotatable bonds is 1.